The summed E-state index contributed by atoms with van der Waals surface area (Å²) in [5.74, 6) is -2.00. The molecular formula is C16H20N2O7. The largest absolute Gasteiger partial charge is 0.469 e. The molecule has 2 rings (SSSR count). The van der Waals surface area contributed by atoms with Gasteiger partial charge in [0, 0.05) is 19.2 Å². The smallest absolute Gasteiger partial charge is 0.407 e. The zero-order valence-corrected chi connectivity index (χ0v) is 13.7. The fourth-order valence-electron chi connectivity index (χ4n) is 3.26. The molecule has 0 radical (unpaired) electrons. The van der Waals surface area contributed by atoms with Crippen LogP contribution >= 0.6 is 0 Å². The molecule has 1 aromatic carbocycles. The molecule has 1 saturated heterocycles. The normalized spacial score (nSPS) is 17.6. The summed E-state index contributed by atoms with van der Waals surface area (Å²) in [4.78, 5) is 35.1. The van der Waals surface area contributed by atoms with Gasteiger partial charge in [0.25, 0.3) is 5.69 Å². The number of hydrogen-bond donors (Lipinski definition) is 2. The Bertz CT molecular complexity index is 656. The molecule has 2 atom stereocenters. The topological polar surface area (TPSA) is 130 Å². The minimum atomic E-state index is -1.41. The first kappa shape index (κ1) is 18.7. The number of piperidine rings is 1. The van der Waals surface area contributed by atoms with E-state index in [4.69, 9.17) is 9.84 Å². The highest BCUT2D eigenvalue weighted by Gasteiger charge is 2.40. The van der Waals surface area contributed by atoms with Crippen molar-refractivity contribution in [1.82, 2.24) is 4.90 Å². The SMILES string of the molecule is COC(=O)C(C1CCN(C(=O)O)CC1)C(O)c1ccccc1[N+](=O)[O-]. The van der Waals surface area contributed by atoms with Crippen LogP contribution in [0.4, 0.5) is 10.5 Å². The molecule has 1 aliphatic rings. The molecule has 2 unspecified atom stereocenters. The van der Waals surface area contributed by atoms with Gasteiger partial charge in [-0.1, -0.05) is 12.1 Å². The van der Waals surface area contributed by atoms with Crippen molar-refractivity contribution in [3.8, 4) is 0 Å². The highest BCUT2D eigenvalue weighted by molar-refractivity contribution is 5.74. The molecule has 1 amide bonds. The van der Waals surface area contributed by atoms with E-state index >= 15 is 0 Å². The van der Waals surface area contributed by atoms with Crippen molar-refractivity contribution in [2.45, 2.75) is 18.9 Å². The minimum absolute atomic E-state index is 0.0450. The summed E-state index contributed by atoms with van der Waals surface area (Å²) in [5, 5.41) is 30.9. The molecule has 1 aromatic rings. The predicted molar refractivity (Wildman–Crippen MR) is 85.9 cm³/mol. The number of aliphatic hydroxyl groups excluding tert-OH is 1. The number of ether oxygens (including phenoxy) is 1. The van der Waals surface area contributed by atoms with E-state index in [1.807, 2.05) is 0 Å². The number of esters is 1. The molecule has 136 valence electrons. The maximum atomic E-state index is 12.2. The van der Waals surface area contributed by atoms with Crippen LogP contribution in [0, 0.1) is 22.0 Å². The molecule has 1 aliphatic heterocycles. The van der Waals surface area contributed by atoms with E-state index in [1.165, 1.54) is 30.2 Å². The maximum absolute atomic E-state index is 12.2. The van der Waals surface area contributed by atoms with E-state index in [2.05, 4.69) is 0 Å². The highest BCUT2D eigenvalue weighted by Crippen LogP contribution is 2.38. The third-order valence-electron chi connectivity index (χ3n) is 4.58. The number of hydrogen-bond acceptors (Lipinski definition) is 6. The molecule has 2 N–H and O–H groups in total. The Labute approximate surface area is 144 Å². The predicted octanol–water partition coefficient (Wildman–Crippen LogP) is 1.81. The Kier molecular flexibility index (Phi) is 5.92. The standard InChI is InChI=1S/C16H20N2O7/c1-25-15(20)13(10-6-8-17(9-7-10)16(21)22)14(19)11-4-2-3-5-12(11)18(23)24/h2-5,10,13-14,19H,6-9H2,1H3,(H,21,22). The Balaban J connectivity index is 2.28. The van der Waals surface area contributed by atoms with Crippen molar-refractivity contribution in [2.24, 2.45) is 11.8 Å². The van der Waals surface area contributed by atoms with Crippen LogP contribution in [0.3, 0.4) is 0 Å². The van der Waals surface area contributed by atoms with Gasteiger partial charge in [0.15, 0.2) is 0 Å². The number of aliphatic hydroxyl groups is 1. The third-order valence-corrected chi connectivity index (χ3v) is 4.58. The number of carbonyl (C=O) groups is 2. The average molecular weight is 352 g/mol. The van der Waals surface area contributed by atoms with Crippen molar-refractivity contribution in [3.63, 3.8) is 0 Å². The molecule has 1 heterocycles. The fourth-order valence-corrected chi connectivity index (χ4v) is 3.26. The van der Waals surface area contributed by atoms with Crippen LogP contribution in [-0.2, 0) is 9.53 Å². The van der Waals surface area contributed by atoms with E-state index in [0.29, 0.717) is 12.8 Å². The van der Waals surface area contributed by atoms with Gasteiger partial charge in [-0.05, 0) is 24.8 Å². The molecule has 0 aromatic heterocycles. The van der Waals surface area contributed by atoms with Gasteiger partial charge in [0.2, 0.25) is 0 Å². The number of nitro groups is 1. The Morgan fingerprint density at radius 1 is 1.32 bits per heavy atom. The quantitative estimate of drug-likeness (QED) is 0.469. The molecular weight excluding hydrogens is 332 g/mol. The number of nitro benzene ring substituents is 1. The lowest BCUT2D eigenvalue weighted by Crippen LogP contribution is -2.42. The number of likely N-dealkylation sites (tertiary alicyclic amines) is 1. The lowest BCUT2D eigenvalue weighted by molar-refractivity contribution is -0.386. The van der Waals surface area contributed by atoms with Gasteiger partial charge in [0.1, 0.15) is 0 Å². The lowest BCUT2D eigenvalue weighted by Gasteiger charge is -2.35. The second kappa shape index (κ2) is 7.93. The van der Waals surface area contributed by atoms with Gasteiger partial charge in [0.05, 0.1) is 29.6 Å². The zero-order chi connectivity index (χ0) is 18.6. The summed E-state index contributed by atoms with van der Waals surface area (Å²) >= 11 is 0. The number of nitrogens with zero attached hydrogens (tertiary/aromatic N) is 2. The third kappa shape index (κ3) is 4.05. The first-order chi connectivity index (χ1) is 11.9. The molecule has 25 heavy (non-hydrogen) atoms. The second-order valence-electron chi connectivity index (χ2n) is 5.92. The van der Waals surface area contributed by atoms with Gasteiger partial charge in [-0.3, -0.25) is 14.9 Å². The van der Waals surface area contributed by atoms with Crippen LogP contribution < -0.4 is 0 Å². The molecule has 0 saturated carbocycles. The average Bonchev–Trinajstić information content (AvgIpc) is 2.61. The van der Waals surface area contributed by atoms with Crippen LogP contribution in [0.25, 0.3) is 0 Å². The van der Waals surface area contributed by atoms with Crippen LogP contribution in [0.5, 0.6) is 0 Å². The summed E-state index contributed by atoms with van der Waals surface area (Å²) in [6, 6.07) is 5.70. The number of carbonyl (C=O) groups excluding carboxylic acids is 1. The van der Waals surface area contributed by atoms with Crippen molar-refractivity contribution >= 4 is 17.7 Å². The van der Waals surface area contributed by atoms with Gasteiger partial charge in [-0.15, -0.1) is 0 Å². The zero-order valence-electron chi connectivity index (χ0n) is 13.7. The monoisotopic (exact) mass is 352 g/mol. The van der Waals surface area contributed by atoms with E-state index in [-0.39, 0.29) is 30.3 Å². The summed E-state index contributed by atoms with van der Waals surface area (Å²) in [5.41, 5.74) is -0.226. The summed E-state index contributed by atoms with van der Waals surface area (Å²) < 4.78 is 4.78. The van der Waals surface area contributed by atoms with Crippen LogP contribution in [0.1, 0.15) is 24.5 Å². The maximum Gasteiger partial charge on any atom is 0.407 e. The van der Waals surface area contributed by atoms with Gasteiger partial charge >= 0.3 is 12.1 Å². The molecule has 0 spiro atoms. The molecule has 1 fully saturated rings. The van der Waals surface area contributed by atoms with Gasteiger partial charge in [-0.25, -0.2) is 4.79 Å². The Morgan fingerprint density at radius 3 is 2.44 bits per heavy atom. The number of rotatable bonds is 5. The van der Waals surface area contributed by atoms with Crippen molar-refractivity contribution in [2.75, 3.05) is 20.2 Å². The van der Waals surface area contributed by atoms with Crippen molar-refractivity contribution in [1.29, 1.82) is 0 Å². The van der Waals surface area contributed by atoms with Crippen LogP contribution in [-0.4, -0.2) is 52.3 Å². The summed E-state index contributed by atoms with van der Waals surface area (Å²) in [7, 11) is 1.19. The second-order valence-corrected chi connectivity index (χ2v) is 5.92. The van der Waals surface area contributed by atoms with Gasteiger partial charge in [-0.2, -0.15) is 0 Å². The van der Waals surface area contributed by atoms with Crippen molar-refractivity contribution < 1.29 is 29.5 Å². The van der Waals surface area contributed by atoms with Gasteiger partial charge < -0.3 is 19.8 Å². The van der Waals surface area contributed by atoms with E-state index in [0.717, 1.165) is 0 Å². The summed E-state index contributed by atoms with van der Waals surface area (Å²) in [6.07, 6.45) is -1.71. The Hall–Kier alpha value is -2.68. The first-order valence-electron chi connectivity index (χ1n) is 7.84. The molecule has 9 nitrogen and oxygen atoms in total. The minimum Gasteiger partial charge on any atom is -0.469 e. The first-order valence-corrected chi connectivity index (χ1v) is 7.84. The molecule has 0 bridgehead atoms. The number of carboxylic acid groups (broad SMARTS) is 1. The lowest BCUT2D eigenvalue weighted by atomic mass is 9.78. The molecule has 9 heteroatoms. The number of amides is 1. The number of benzene rings is 1. The summed E-state index contributed by atoms with van der Waals surface area (Å²) in [6.45, 7) is 0.466. The fraction of sp³-hybridized carbons (Fsp3) is 0.500. The molecule has 0 aliphatic carbocycles. The number of para-hydroxylation sites is 1. The van der Waals surface area contributed by atoms with Crippen LogP contribution in [0.15, 0.2) is 24.3 Å². The Morgan fingerprint density at radius 2 is 1.92 bits per heavy atom. The highest BCUT2D eigenvalue weighted by atomic mass is 16.6. The van der Waals surface area contributed by atoms with E-state index in [1.54, 1.807) is 6.07 Å². The van der Waals surface area contributed by atoms with E-state index in [9.17, 15) is 24.8 Å². The van der Waals surface area contributed by atoms with Crippen molar-refractivity contribution in [3.05, 3.63) is 39.9 Å². The van der Waals surface area contributed by atoms with Crippen LogP contribution in [0.2, 0.25) is 0 Å². The number of methoxy groups -OCH3 is 1. The van der Waals surface area contributed by atoms with E-state index < -0.39 is 29.0 Å².